The van der Waals surface area contributed by atoms with E-state index in [1.807, 2.05) is 49.9 Å². The average molecular weight is 690 g/mol. The number of benzene rings is 1. The van der Waals surface area contributed by atoms with Crippen LogP contribution in [0.4, 0.5) is 4.79 Å². The summed E-state index contributed by atoms with van der Waals surface area (Å²) in [4.78, 5) is 15.2. The number of morpholine rings is 1. The van der Waals surface area contributed by atoms with Crippen molar-refractivity contribution in [3.8, 4) is 17.0 Å². The van der Waals surface area contributed by atoms with E-state index in [1.165, 1.54) is 0 Å². The van der Waals surface area contributed by atoms with Gasteiger partial charge in [-0.3, -0.25) is 4.90 Å². The van der Waals surface area contributed by atoms with Crippen molar-refractivity contribution in [1.29, 1.82) is 0 Å². The molecule has 12 heteroatoms. The maximum atomic E-state index is 13.2. The highest BCUT2D eigenvalue weighted by atomic mass is 79.9. The van der Waals surface area contributed by atoms with Gasteiger partial charge in [0, 0.05) is 48.8 Å². The van der Waals surface area contributed by atoms with Crippen LogP contribution in [0.3, 0.4) is 0 Å². The van der Waals surface area contributed by atoms with Crippen molar-refractivity contribution in [2.45, 2.75) is 89.6 Å². The molecule has 4 heterocycles. The summed E-state index contributed by atoms with van der Waals surface area (Å²) in [6.45, 7) is 14.9. The van der Waals surface area contributed by atoms with Crippen LogP contribution in [0.2, 0.25) is 25.7 Å². The minimum absolute atomic E-state index is 0.0834. The number of amides is 1. The fourth-order valence-electron chi connectivity index (χ4n) is 5.99. The summed E-state index contributed by atoms with van der Waals surface area (Å²) in [7, 11) is 0.340. The number of hydrogen-bond acceptors (Lipinski definition) is 8. The lowest BCUT2D eigenvalue weighted by atomic mass is 9.83. The zero-order valence-corrected chi connectivity index (χ0v) is 29.5. The van der Waals surface area contributed by atoms with E-state index in [-0.39, 0.29) is 30.9 Å². The number of nitrogens with zero attached hydrogens (tertiary/aromatic N) is 4. The van der Waals surface area contributed by atoms with Crippen LogP contribution >= 0.6 is 15.9 Å². The first-order chi connectivity index (χ1) is 20.9. The zero-order chi connectivity index (χ0) is 31.6. The van der Waals surface area contributed by atoms with Crippen LogP contribution in [0, 0.1) is 0 Å². The maximum absolute atomic E-state index is 13.2. The fraction of sp³-hybridized carbons (Fsp3) is 0.594. The number of methoxy groups -OCH3 is 1. The van der Waals surface area contributed by atoms with Gasteiger partial charge in [0.2, 0.25) is 0 Å². The van der Waals surface area contributed by atoms with Gasteiger partial charge in [0.05, 0.1) is 31.0 Å². The molecule has 2 aliphatic rings. The predicted octanol–water partition coefficient (Wildman–Crippen LogP) is 7.04. The van der Waals surface area contributed by atoms with Gasteiger partial charge in [-0.15, -0.1) is 10.2 Å². The van der Waals surface area contributed by atoms with Gasteiger partial charge in [0.15, 0.2) is 12.4 Å². The summed E-state index contributed by atoms with van der Waals surface area (Å²) < 4.78 is 32.1. The number of halogens is 1. The molecule has 3 atom stereocenters. The minimum atomic E-state index is -1.26. The van der Waals surface area contributed by atoms with Gasteiger partial charge in [0.1, 0.15) is 18.1 Å². The smallest absolute Gasteiger partial charge is 0.410 e. The average Bonchev–Trinajstić information content (AvgIpc) is 3.22. The predicted molar refractivity (Wildman–Crippen MR) is 176 cm³/mol. The number of hydrogen-bond donors (Lipinski definition) is 0. The Morgan fingerprint density at radius 2 is 1.82 bits per heavy atom. The molecular formula is C32H45BrN4O6Si. The molecule has 2 fully saturated rings. The molecule has 0 aliphatic carbocycles. The van der Waals surface area contributed by atoms with E-state index in [4.69, 9.17) is 28.8 Å². The molecule has 1 aromatic carbocycles. The monoisotopic (exact) mass is 688 g/mol. The molecule has 0 N–H and O–H groups in total. The highest BCUT2D eigenvalue weighted by Crippen LogP contribution is 2.44. The number of piperidine rings is 1. The molecule has 0 spiro atoms. The van der Waals surface area contributed by atoms with E-state index < -0.39 is 13.7 Å². The van der Waals surface area contributed by atoms with Crippen LogP contribution in [0.1, 0.15) is 45.2 Å². The Morgan fingerprint density at radius 3 is 2.48 bits per heavy atom. The van der Waals surface area contributed by atoms with Crippen molar-refractivity contribution < 1.29 is 28.5 Å². The molecule has 0 radical (unpaired) electrons. The largest absolute Gasteiger partial charge is 0.467 e. The van der Waals surface area contributed by atoms with E-state index in [0.29, 0.717) is 38.0 Å². The van der Waals surface area contributed by atoms with Gasteiger partial charge in [-0.2, -0.15) is 0 Å². The van der Waals surface area contributed by atoms with Crippen molar-refractivity contribution in [1.82, 2.24) is 19.7 Å². The summed E-state index contributed by atoms with van der Waals surface area (Å²) in [5.74, 6) is 0.827. The summed E-state index contributed by atoms with van der Waals surface area (Å²) in [5.41, 5.74) is 2.86. The van der Waals surface area contributed by atoms with Crippen molar-refractivity contribution in [3.63, 3.8) is 0 Å². The second-order valence-electron chi connectivity index (χ2n) is 13.9. The minimum Gasteiger partial charge on any atom is -0.467 e. The lowest BCUT2D eigenvalue weighted by Crippen LogP contribution is -2.59. The van der Waals surface area contributed by atoms with Gasteiger partial charge < -0.3 is 28.3 Å². The maximum Gasteiger partial charge on any atom is 0.410 e. The molecule has 2 aliphatic heterocycles. The SMILES string of the molecule is COCOc1ccccc1-c1cc2c(Br)c(C3C[C@H]4COC[C@@H](C3)N4C(=O)OC(C)(C)C)n(COCC[Si](C)(C)C)c2nn1. The number of aromatic nitrogens is 3. The normalized spacial score (nSPS) is 20.6. The highest BCUT2D eigenvalue weighted by molar-refractivity contribution is 9.10. The van der Waals surface area contributed by atoms with Crippen molar-refractivity contribution >= 4 is 41.1 Å². The molecular weight excluding hydrogens is 644 g/mol. The molecule has 0 saturated carbocycles. The second-order valence-corrected chi connectivity index (χ2v) is 20.3. The van der Waals surface area contributed by atoms with Crippen molar-refractivity contribution in [2.24, 2.45) is 0 Å². The molecule has 5 rings (SSSR count). The van der Waals surface area contributed by atoms with E-state index in [0.717, 1.165) is 45.6 Å². The van der Waals surface area contributed by atoms with Crippen LogP contribution in [-0.4, -0.2) is 85.2 Å². The first-order valence-electron chi connectivity index (χ1n) is 15.3. The van der Waals surface area contributed by atoms with Crippen LogP contribution in [0.5, 0.6) is 5.75 Å². The van der Waals surface area contributed by atoms with Gasteiger partial charge in [-0.25, -0.2) is 4.79 Å². The fourth-order valence-corrected chi connectivity index (χ4v) is 7.58. The Labute approximate surface area is 269 Å². The van der Waals surface area contributed by atoms with Gasteiger partial charge in [0.25, 0.3) is 0 Å². The summed E-state index contributed by atoms with van der Waals surface area (Å²) >= 11 is 3.98. The molecule has 44 heavy (non-hydrogen) atoms. The van der Waals surface area contributed by atoms with E-state index >= 15 is 0 Å². The second kappa shape index (κ2) is 13.5. The zero-order valence-electron chi connectivity index (χ0n) is 26.9. The number of carbonyl (C=O) groups excluding carboxylic acids is 1. The summed E-state index contributed by atoms with van der Waals surface area (Å²) in [6.07, 6.45) is 1.22. The Balaban J connectivity index is 1.51. The number of para-hydroxylation sites is 1. The van der Waals surface area contributed by atoms with Crippen LogP contribution in [0.25, 0.3) is 22.3 Å². The Bertz CT molecular complexity index is 1460. The third kappa shape index (κ3) is 7.47. The molecule has 1 unspecified atom stereocenters. The summed E-state index contributed by atoms with van der Waals surface area (Å²) in [6, 6.07) is 10.7. The molecule has 2 saturated heterocycles. The number of ether oxygens (including phenoxy) is 5. The lowest BCUT2D eigenvalue weighted by Gasteiger charge is -2.48. The molecule has 2 bridgehead atoms. The van der Waals surface area contributed by atoms with E-state index in [9.17, 15) is 4.79 Å². The highest BCUT2D eigenvalue weighted by Gasteiger charge is 2.45. The number of carbonyl (C=O) groups is 1. The van der Waals surface area contributed by atoms with E-state index in [2.05, 4.69) is 51.3 Å². The van der Waals surface area contributed by atoms with Gasteiger partial charge in [-0.05, 0) is 73.8 Å². The molecule has 2 aromatic heterocycles. The topological polar surface area (TPSA) is 97.2 Å². The van der Waals surface area contributed by atoms with Crippen LogP contribution in [-0.2, 0) is 25.7 Å². The van der Waals surface area contributed by atoms with E-state index in [1.54, 1.807) is 7.11 Å². The summed E-state index contributed by atoms with van der Waals surface area (Å²) in [5, 5.41) is 10.4. The Morgan fingerprint density at radius 1 is 1.11 bits per heavy atom. The Hall–Kier alpha value is -2.51. The lowest BCUT2D eigenvalue weighted by molar-refractivity contribution is -0.0832. The third-order valence-electron chi connectivity index (χ3n) is 8.01. The molecule has 3 aromatic rings. The first kappa shape index (κ1) is 32.9. The van der Waals surface area contributed by atoms with Gasteiger partial charge >= 0.3 is 6.09 Å². The standard InChI is InChI=1S/C32H45BrN4O6Si/c1-32(2,3)43-31(38)37-22-14-21(15-23(37)18-41-17-22)29-28(33)25-16-26(24-10-8-9-11-27(24)42-20-39-4)34-35-30(25)36(29)19-40-12-13-44(5,6)7/h8-11,16,21-23H,12-15,17-20H2,1-7H3/t21?,22-,23+. The quantitative estimate of drug-likeness (QED) is 0.127. The number of fused-ring (bicyclic) bond motifs is 3. The van der Waals surface area contributed by atoms with Crippen molar-refractivity contribution in [3.05, 3.63) is 40.5 Å². The first-order valence-corrected chi connectivity index (χ1v) is 19.8. The molecule has 10 nitrogen and oxygen atoms in total. The Kier molecular flexibility index (Phi) is 10.1. The molecule has 1 amide bonds. The number of rotatable bonds is 10. The molecule has 240 valence electrons. The third-order valence-corrected chi connectivity index (χ3v) is 10.5. The van der Waals surface area contributed by atoms with Crippen LogP contribution in [0.15, 0.2) is 34.8 Å². The van der Waals surface area contributed by atoms with Crippen LogP contribution < -0.4 is 4.74 Å². The van der Waals surface area contributed by atoms with Crippen molar-refractivity contribution in [2.75, 3.05) is 33.7 Å². The van der Waals surface area contributed by atoms with Gasteiger partial charge in [-0.1, -0.05) is 31.8 Å².